The Morgan fingerprint density at radius 3 is 2.68 bits per heavy atom. The maximum atomic E-state index is 12.7. The maximum Gasteiger partial charge on any atom is 0.239 e. The van der Waals surface area contributed by atoms with Crippen molar-refractivity contribution in [3.8, 4) is 11.6 Å². The first kappa shape index (κ1) is 21.4. The molecule has 4 rings (SSSR count). The number of aliphatic imine (C=N–C) groups is 1. The van der Waals surface area contributed by atoms with Crippen molar-refractivity contribution in [1.82, 2.24) is 35.2 Å². The average Bonchev–Trinajstić information content (AvgIpc) is 3.58. The first-order valence-electron chi connectivity index (χ1n) is 11.1. The minimum atomic E-state index is -0.0509. The molecule has 0 aromatic carbocycles. The second-order valence-electron chi connectivity index (χ2n) is 8.04. The van der Waals surface area contributed by atoms with Crippen LogP contribution in [0.15, 0.2) is 27.8 Å². The Bertz CT molecular complexity index is 864. The first-order valence-corrected chi connectivity index (χ1v) is 11.1. The highest BCUT2D eigenvalue weighted by Gasteiger charge is 2.30. The van der Waals surface area contributed by atoms with Gasteiger partial charge in [-0.05, 0) is 31.9 Å². The summed E-state index contributed by atoms with van der Waals surface area (Å²) in [6.45, 7) is 7.97. The molecule has 2 N–H and O–H groups in total. The fourth-order valence-electron chi connectivity index (χ4n) is 4.23. The summed E-state index contributed by atoms with van der Waals surface area (Å²) in [6, 6.07) is 3.61. The number of furan rings is 1. The van der Waals surface area contributed by atoms with Crippen LogP contribution in [-0.2, 0) is 11.2 Å². The molecule has 0 saturated carbocycles. The number of rotatable bonds is 6. The third-order valence-electron chi connectivity index (χ3n) is 6.07. The molecular formula is C21H32N8O2. The van der Waals surface area contributed by atoms with E-state index in [0.717, 1.165) is 63.9 Å². The number of amides is 1. The monoisotopic (exact) mass is 428 g/mol. The van der Waals surface area contributed by atoms with E-state index >= 15 is 0 Å². The van der Waals surface area contributed by atoms with Crippen LogP contribution in [0, 0.1) is 0 Å². The molecule has 2 aromatic heterocycles. The molecule has 168 valence electrons. The summed E-state index contributed by atoms with van der Waals surface area (Å²) >= 11 is 0. The van der Waals surface area contributed by atoms with Gasteiger partial charge in [0.25, 0.3) is 0 Å². The third-order valence-corrected chi connectivity index (χ3v) is 6.07. The van der Waals surface area contributed by atoms with E-state index < -0.39 is 0 Å². The van der Waals surface area contributed by atoms with Gasteiger partial charge >= 0.3 is 0 Å². The van der Waals surface area contributed by atoms with Crippen LogP contribution >= 0.6 is 0 Å². The standard InChI is InChI=1S/C21H32N8O2/c1-16(20(30)28-9-3-4-10-28)27-11-13-29(14-12-27)21(22-2)23-8-7-18-24-19(26-25-18)17-6-5-15-31-17/h5-6,15-16H,3-4,7-14H2,1-2H3,(H,22,23)(H,24,25,26). The Morgan fingerprint density at radius 1 is 1.23 bits per heavy atom. The van der Waals surface area contributed by atoms with Gasteiger partial charge in [-0.3, -0.25) is 19.8 Å². The lowest BCUT2D eigenvalue weighted by Gasteiger charge is -2.39. The van der Waals surface area contributed by atoms with Crippen LogP contribution in [0.3, 0.4) is 0 Å². The van der Waals surface area contributed by atoms with Crippen LogP contribution in [0.25, 0.3) is 11.6 Å². The Labute approximate surface area is 182 Å². The van der Waals surface area contributed by atoms with Crippen LogP contribution in [0.5, 0.6) is 0 Å². The summed E-state index contributed by atoms with van der Waals surface area (Å²) in [7, 11) is 1.80. The minimum absolute atomic E-state index is 0.0509. The summed E-state index contributed by atoms with van der Waals surface area (Å²) < 4.78 is 5.33. The van der Waals surface area contributed by atoms with Gasteiger partial charge in [0.2, 0.25) is 11.7 Å². The van der Waals surface area contributed by atoms with E-state index in [1.54, 1.807) is 13.3 Å². The van der Waals surface area contributed by atoms with Gasteiger partial charge in [0.15, 0.2) is 11.7 Å². The fraction of sp³-hybridized carbons (Fsp3) is 0.619. The van der Waals surface area contributed by atoms with E-state index in [-0.39, 0.29) is 11.9 Å². The number of aromatic amines is 1. The van der Waals surface area contributed by atoms with E-state index in [4.69, 9.17) is 4.42 Å². The molecule has 4 heterocycles. The van der Waals surface area contributed by atoms with Crippen LogP contribution in [0.2, 0.25) is 0 Å². The van der Waals surface area contributed by atoms with E-state index in [1.807, 2.05) is 24.0 Å². The summed E-state index contributed by atoms with van der Waals surface area (Å²) in [5.41, 5.74) is 0. The van der Waals surface area contributed by atoms with Crippen LogP contribution in [0.1, 0.15) is 25.6 Å². The Balaban J connectivity index is 1.22. The predicted octanol–water partition coefficient (Wildman–Crippen LogP) is 0.811. The highest BCUT2D eigenvalue weighted by Crippen LogP contribution is 2.15. The molecule has 10 heteroatoms. The fourth-order valence-corrected chi connectivity index (χ4v) is 4.23. The van der Waals surface area contributed by atoms with Crippen molar-refractivity contribution in [2.24, 2.45) is 4.99 Å². The highest BCUT2D eigenvalue weighted by atomic mass is 16.3. The molecule has 1 amide bonds. The third kappa shape index (κ3) is 5.07. The lowest BCUT2D eigenvalue weighted by Crippen LogP contribution is -2.57. The molecular weight excluding hydrogens is 396 g/mol. The zero-order valence-corrected chi connectivity index (χ0v) is 18.4. The largest absolute Gasteiger partial charge is 0.461 e. The van der Waals surface area contributed by atoms with Gasteiger partial charge in [-0.25, -0.2) is 4.98 Å². The molecule has 1 atom stereocenters. The molecule has 2 aliphatic rings. The van der Waals surface area contributed by atoms with Gasteiger partial charge < -0.3 is 19.5 Å². The Kier molecular flexibility index (Phi) is 6.86. The molecule has 0 radical (unpaired) electrons. The molecule has 2 aliphatic heterocycles. The quantitative estimate of drug-likeness (QED) is 0.518. The van der Waals surface area contributed by atoms with Crippen LogP contribution < -0.4 is 5.32 Å². The summed E-state index contributed by atoms with van der Waals surface area (Å²) in [5.74, 6) is 3.17. The van der Waals surface area contributed by atoms with E-state index in [2.05, 4.69) is 35.3 Å². The number of aromatic nitrogens is 3. The number of nitrogens with one attached hydrogen (secondary N) is 2. The smallest absolute Gasteiger partial charge is 0.239 e. The van der Waals surface area contributed by atoms with Gasteiger partial charge in [0.1, 0.15) is 5.82 Å². The van der Waals surface area contributed by atoms with Gasteiger partial charge in [0, 0.05) is 59.3 Å². The predicted molar refractivity (Wildman–Crippen MR) is 118 cm³/mol. The van der Waals surface area contributed by atoms with Crippen molar-refractivity contribution >= 4 is 11.9 Å². The number of carbonyl (C=O) groups excluding carboxylic acids is 1. The summed E-state index contributed by atoms with van der Waals surface area (Å²) in [4.78, 5) is 28.1. The average molecular weight is 429 g/mol. The van der Waals surface area contributed by atoms with Crippen molar-refractivity contribution in [3.05, 3.63) is 24.2 Å². The number of carbonyl (C=O) groups is 1. The summed E-state index contributed by atoms with van der Waals surface area (Å²) in [5, 5.41) is 10.6. The molecule has 1 unspecified atom stereocenters. The lowest BCUT2D eigenvalue weighted by molar-refractivity contribution is -0.135. The maximum absolute atomic E-state index is 12.7. The zero-order valence-electron chi connectivity index (χ0n) is 18.4. The van der Waals surface area contributed by atoms with Crippen molar-refractivity contribution in [1.29, 1.82) is 0 Å². The number of H-pyrrole nitrogens is 1. The lowest BCUT2D eigenvalue weighted by atomic mass is 10.2. The van der Waals surface area contributed by atoms with Crippen LogP contribution in [0.4, 0.5) is 0 Å². The van der Waals surface area contributed by atoms with Crippen molar-refractivity contribution < 1.29 is 9.21 Å². The topological polar surface area (TPSA) is 106 Å². The SMILES string of the molecule is CN=C(NCCc1nc(-c2ccco2)n[nH]1)N1CCN(C(C)C(=O)N2CCCC2)CC1. The minimum Gasteiger partial charge on any atom is -0.461 e. The number of hydrogen-bond donors (Lipinski definition) is 2. The second-order valence-corrected chi connectivity index (χ2v) is 8.04. The summed E-state index contributed by atoms with van der Waals surface area (Å²) in [6.07, 6.45) is 4.58. The van der Waals surface area contributed by atoms with E-state index in [1.165, 1.54) is 0 Å². The van der Waals surface area contributed by atoms with E-state index in [0.29, 0.717) is 24.6 Å². The number of nitrogens with zero attached hydrogens (tertiary/aromatic N) is 6. The number of piperazine rings is 1. The molecule has 0 spiro atoms. The number of hydrogen-bond acceptors (Lipinski definition) is 6. The normalized spacial score (nSPS) is 19.1. The zero-order chi connectivity index (χ0) is 21.6. The van der Waals surface area contributed by atoms with Crippen molar-refractivity contribution in [2.75, 3.05) is 52.9 Å². The Hall–Kier alpha value is -2.88. The molecule has 2 saturated heterocycles. The molecule has 10 nitrogen and oxygen atoms in total. The van der Waals surface area contributed by atoms with Gasteiger partial charge in [0.05, 0.1) is 12.3 Å². The number of guanidine groups is 1. The molecule has 2 fully saturated rings. The van der Waals surface area contributed by atoms with E-state index in [9.17, 15) is 4.79 Å². The van der Waals surface area contributed by atoms with Gasteiger partial charge in [-0.2, -0.15) is 5.10 Å². The van der Waals surface area contributed by atoms with Crippen molar-refractivity contribution in [3.63, 3.8) is 0 Å². The Morgan fingerprint density at radius 2 is 2.00 bits per heavy atom. The molecule has 31 heavy (non-hydrogen) atoms. The van der Waals surface area contributed by atoms with Gasteiger partial charge in [-0.1, -0.05) is 0 Å². The van der Waals surface area contributed by atoms with Crippen LogP contribution in [-0.4, -0.2) is 101 Å². The molecule has 0 bridgehead atoms. The molecule has 0 aliphatic carbocycles. The second kappa shape index (κ2) is 9.95. The first-order chi connectivity index (χ1) is 15.2. The van der Waals surface area contributed by atoms with Crippen molar-refractivity contribution in [2.45, 2.75) is 32.2 Å². The molecule has 2 aromatic rings. The van der Waals surface area contributed by atoms with Gasteiger partial charge in [-0.15, -0.1) is 0 Å². The number of likely N-dealkylation sites (tertiary alicyclic amines) is 1. The highest BCUT2D eigenvalue weighted by molar-refractivity contribution is 5.82.